The summed E-state index contributed by atoms with van der Waals surface area (Å²) in [6, 6.07) is 4.65. The summed E-state index contributed by atoms with van der Waals surface area (Å²) in [5.74, 6) is -0.317. The lowest BCUT2D eigenvalue weighted by Crippen LogP contribution is -2.29. The predicted octanol–water partition coefficient (Wildman–Crippen LogP) is 1.40. The van der Waals surface area contributed by atoms with E-state index < -0.39 is 10.0 Å². The quantitative estimate of drug-likeness (QED) is 0.768. The number of nitrogens with zero attached hydrogens (tertiary/aromatic N) is 1. The minimum Gasteiger partial charge on any atom is -0.377 e. The third-order valence-corrected chi connectivity index (χ3v) is 5.00. The second kappa shape index (κ2) is 7.71. The van der Waals surface area contributed by atoms with Gasteiger partial charge in [-0.3, -0.25) is 4.79 Å². The van der Waals surface area contributed by atoms with E-state index in [1.807, 2.05) is 13.8 Å². The van der Waals surface area contributed by atoms with Crippen LogP contribution in [0.1, 0.15) is 29.8 Å². The van der Waals surface area contributed by atoms with E-state index in [1.165, 1.54) is 20.2 Å². The number of amides is 1. The highest BCUT2D eigenvalue weighted by Crippen LogP contribution is 2.19. The van der Waals surface area contributed by atoms with Crippen molar-refractivity contribution in [2.75, 3.05) is 27.2 Å². The minimum atomic E-state index is -3.57. The first-order valence-electron chi connectivity index (χ1n) is 7.09. The molecule has 0 bridgehead atoms. The fraction of sp³-hybridized carbons (Fsp3) is 0.533. The maximum Gasteiger partial charge on any atom is 0.251 e. The zero-order valence-electron chi connectivity index (χ0n) is 13.7. The summed E-state index contributed by atoms with van der Waals surface area (Å²) in [4.78, 5) is 12.2. The first kappa shape index (κ1) is 18.6. The number of hydrogen-bond donors (Lipinski definition) is 1. The average molecular weight is 328 g/mol. The molecule has 1 N–H and O–H groups in total. The molecule has 0 aliphatic heterocycles. The molecule has 0 aromatic heterocycles. The van der Waals surface area contributed by atoms with Gasteiger partial charge in [-0.15, -0.1) is 0 Å². The van der Waals surface area contributed by atoms with E-state index in [1.54, 1.807) is 19.1 Å². The highest BCUT2D eigenvalue weighted by atomic mass is 32.2. The summed E-state index contributed by atoms with van der Waals surface area (Å²) >= 11 is 0. The molecule has 6 nitrogen and oxygen atoms in total. The largest absolute Gasteiger partial charge is 0.377 e. The lowest BCUT2D eigenvalue weighted by atomic mass is 10.1. The minimum absolute atomic E-state index is 0.105. The van der Waals surface area contributed by atoms with Crippen LogP contribution in [-0.2, 0) is 14.8 Å². The van der Waals surface area contributed by atoms with Gasteiger partial charge in [-0.05, 0) is 38.5 Å². The fourth-order valence-electron chi connectivity index (χ4n) is 1.78. The van der Waals surface area contributed by atoms with E-state index >= 15 is 0 Å². The fourth-order valence-corrected chi connectivity index (χ4v) is 2.92. The van der Waals surface area contributed by atoms with Gasteiger partial charge in [0.2, 0.25) is 10.0 Å². The maximum atomic E-state index is 12.2. The summed E-state index contributed by atoms with van der Waals surface area (Å²) in [7, 11) is -0.645. The van der Waals surface area contributed by atoms with Crippen molar-refractivity contribution in [3.63, 3.8) is 0 Å². The molecule has 0 radical (unpaired) electrons. The van der Waals surface area contributed by atoms with Gasteiger partial charge in [0, 0.05) is 26.2 Å². The summed E-state index contributed by atoms with van der Waals surface area (Å²) < 4.78 is 30.9. The highest BCUT2D eigenvalue weighted by Gasteiger charge is 2.21. The number of benzene rings is 1. The first-order valence-corrected chi connectivity index (χ1v) is 8.53. The van der Waals surface area contributed by atoms with E-state index in [-0.39, 0.29) is 16.9 Å². The van der Waals surface area contributed by atoms with Crippen molar-refractivity contribution in [2.24, 2.45) is 0 Å². The van der Waals surface area contributed by atoms with Gasteiger partial charge in [0.1, 0.15) is 0 Å². The molecule has 7 heteroatoms. The molecule has 0 heterocycles. The summed E-state index contributed by atoms with van der Waals surface area (Å²) in [5, 5.41) is 2.71. The Morgan fingerprint density at radius 3 is 2.50 bits per heavy atom. The van der Waals surface area contributed by atoms with Gasteiger partial charge in [-0.25, -0.2) is 12.7 Å². The highest BCUT2D eigenvalue weighted by molar-refractivity contribution is 7.89. The van der Waals surface area contributed by atoms with Crippen molar-refractivity contribution >= 4 is 15.9 Å². The van der Waals surface area contributed by atoms with Crippen LogP contribution in [0.5, 0.6) is 0 Å². The third kappa shape index (κ3) is 4.79. The molecule has 0 aliphatic rings. The standard InChI is InChI=1S/C15H24N2O4S/c1-11(2)21-9-8-16-15(18)13-7-6-12(3)14(10-13)22(19,20)17(4)5/h6-7,10-11H,8-9H2,1-5H3,(H,16,18). The van der Waals surface area contributed by atoms with Crippen molar-refractivity contribution in [2.45, 2.75) is 31.8 Å². The summed E-state index contributed by atoms with van der Waals surface area (Å²) in [6.45, 7) is 6.33. The van der Waals surface area contributed by atoms with Gasteiger partial charge in [0.05, 0.1) is 17.6 Å². The van der Waals surface area contributed by atoms with Gasteiger partial charge in [-0.2, -0.15) is 0 Å². The molecule has 0 spiro atoms. The SMILES string of the molecule is Cc1ccc(C(=O)NCCOC(C)C)cc1S(=O)(=O)N(C)C. The normalized spacial score (nSPS) is 12.0. The Kier molecular flexibility index (Phi) is 6.52. The Morgan fingerprint density at radius 2 is 1.95 bits per heavy atom. The number of aryl methyl sites for hydroxylation is 1. The van der Waals surface area contributed by atoms with Gasteiger partial charge >= 0.3 is 0 Å². The van der Waals surface area contributed by atoms with Gasteiger partial charge < -0.3 is 10.1 Å². The smallest absolute Gasteiger partial charge is 0.251 e. The molecular weight excluding hydrogens is 304 g/mol. The number of hydrogen-bond acceptors (Lipinski definition) is 4. The van der Waals surface area contributed by atoms with Gasteiger partial charge in [-0.1, -0.05) is 6.07 Å². The number of rotatable bonds is 7. The topological polar surface area (TPSA) is 75.7 Å². The average Bonchev–Trinajstić information content (AvgIpc) is 2.43. The molecule has 22 heavy (non-hydrogen) atoms. The number of ether oxygens (including phenoxy) is 1. The van der Waals surface area contributed by atoms with Crippen LogP contribution in [0, 0.1) is 6.92 Å². The van der Waals surface area contributed by atoms with Gasteiger partial charge in [0.25, 0.3) is 5.91 Å². The first-order chi connectivity index (χ1) is 10.2. The Labute approximate surface area is 132 Å². The number of nitrogens with one attached hydrogen (secondary N) is 1. The third-order valence-electron chi connectivity index (χ3n) is 3.05. The van der Waals surface area contributed by atoms with E-state index in [0.717, 1.165) is 4.31 Å². The lowest BCUT2D eigenvalue weighted by molar-refractivity contribution is 0.0746. The molecule has 0 aliphatic carbocycles. The van der Waals surface area contributed by atoms with E-state index in [9.17, 15) is 13.2 Å². The van der Waals surface area contributed by atoms with E-state index in [4.69, 9.17) is 4.74 Å². The Balaban J connectivity index is 2.87. The molecule has 0 unspecified atom stereocenters. The number of carbonyl (C=O) groups is 1. The number of carbonyl (C=O) groups excluding carboxylic acids is 1. The molecule has 0 saturated heterocycles. The maximum absolute atomic E-state index is 12.2. The molecule has 0 fully saturated rings. The molecule has 124 valence electrons. The van der Waals surface area contributed by atoms with Gasteiger partial charge in [0.15, 0.2) is 0 Å². The Morgan fingerprint density at radius 1 is 1.32 bits per heavy atom. The second-order valence-electron chi connectivity index (χ2n) is 5.44. The van der Waals surface area contributed by atoms with Crippen LogP contribution in [0.2, 0.25) is 0 Å². The van der Waals surface area contributed by atoms with Crippen molar-refractivity contribution < 1.29 is 17.9 Å². The monoisotopic (exact) mass is 328 g/mol. The van der Waals surface area contributed by atoms with Crippen LogP contribution in [0.25, 0.3) is 0 Å². The van der Waals surface area contributed by atoms with Crippen molar-refractivity contribution in [3.8, 4) is 0 Å². The van der Waals surface area contributed by atoms with E-state index in [0.29, 0.717) is 24.3 Å². The number of sulfonamides is 1. The van der Waals surface area contributed by atoms with Crippen molar-refractivity contribution in [1.82, 2.24) is 9.62 Å². The molecule has 1 aromatic rings. The van der Waals surface area contributed by atoms with Crippen LogP contribution in [0.4, 0.5) is 0 Å². The molecule has 0 saturated carbocycles. The zero-order valence-corrected chi connectivity index (χ0v) is 14.5. The molecular formula is C15H24N2O4S. The van der Waals surface area contributed by atoms with Crippen molar-refractivity contribution in [3.05, 3.63) is 29.3 Å². The lowest BCUT2D eigenvalue weighted by Gasteiger charge is -2.15. The second-order valence-corrected chi connectivity index (χ2v) is 7.56. The van der Waals surface area contributed by atoms with Crippen LogP contribution >= 0.6 is 0 Å². The van der Waals surface area contributed by atoms with E-state index in [2.05, 4.69) is 5.32 Å². The van der Waals surface area contributed by atoms with Crippen LogP contribution in [-0.4, -0.2) is 52.0 Å². The molecule has 1 rings (SSSR count). The zero-order chi connectivity index (χ0) is 16.9. The van der Waals surface area contributed by atoms with Crippen LogP contribution in [0.15, 0.2) is 23.1 Å². The molecule has 1 aromatic carbocycles. The Hall–Kier alpha value is -1.44. The van der Waals surface area contributed by atoms with Crippen molar-refractivity contribution in [1.29, 1.82) is 0 Å². The summed E-state index contributed by atoms with van der Waals surface area (Å²) in [5.41, 5.74) is 0.920. The molecule has 1 amide bonds. The van der Waals surface area contributed by atoms with Crippen LogP contribution < -0.4 is 5.32 Å². The Bertz CT molecular complexity index is 624. The molecule has 0 atom stereocenters. The van der Waals surface area contributed by atoms with Crippen LogP contribution in [0.3, 0.4) is 0 Å². The predicted molar refractivity (Wildman–Crippen MR) is 85.5 cm³/mol. The summed E-state index contributed by atoms with van der Waals surface area (Å²) in [6.07, 6.45) is 0.105.